The van der Waals surface area contributed by atoms with Crippen LogP contribution < -0.4 is 0 Å². The van der Waals surface area contributed by atoms with Crippen LogP contribution in [-0.4, -0.2) is 0 Å². The van der Waals surface area contributed by atoms with E-state index in [1.54, 1.807) is 6.07 Å². The number of aryl methyl sites for hydroxylation is 1. The molecule has 0 nitrogen and oxygen atoms in total. The lowest BCUT2D eigenvalue weighted by Crippen LogP contribution is -2.02. The molecule has 96 valence electrons. The molecule has 0 aliphatic rings. The number of hydrogen-bond acceptors (Lipinski definition) is 0. The summed E-state index contributed by atoms with van der Waals surface area (Å²) >= 11 is 0. The highest BCUT2D eigenvalue weighted by Crippen LogP contribution is 2.20. The molecule has 0 N–H and O–H groups in total. The second-order valence-electron chi connectivity index (χ2n) is 4.69. The van der Waals surface area contributed by atoms with Gasteiger partial charge in [-0.2, -0.15) is 0 Å². The molecular weight excluding hydrogens is 218 g/mol. The average Bonchev–Trinajstić information content (AvgIpc) is 2.31. The first-order valence-electron chi connectivity index (χ1n) is 6.61. The Balaban J connectivity index is 2.47. The molecule has 0 heterocycles. The SMILES string of the molecule is CCCCC(CC)CCc1ccc(F)cc1F. The second kappa shape index (κ2) is 7.41. The average molecular weight is 240 g/mol. The summed E-state index contributed by atoms with van der Waals surface area (Å²) in [5.41, 5.74) is 0.640. The molecule has 0 saturated carbocycles. The smallest absolute Gasteiger partial charge is 0.129 e. The van der Waals surface area contributed by atoms with Gasteiger partial charge in [0.2, 0.25) is 0 Å². The van der Waals surface area contributed by atoms with Crippen molar-refractivity contribution < 1.29 is 8.78 Å². The maximum atomic E-state index is 13.4. The largest absolute Gasteiger partial charge is 0.207 e. The van der Waals surface area contributed by atoms with Gasteiger partial charge in [-0.25, -0.2) is 8.78 Å². The lowest BCUT2D eigenvalue weighted by molar-refractivity contribution is 0.418. The van der Waals surface area contributed by atoms with Crippen molar-refractivity contribution in [2.24, 2.45) is 5.92 Å². The molecule has 0 amide bonds. The third kappa shape index (κ3) is 4.84. The van der Waals surface area contributed by atoms with E-state index in [0.717, 1.165) is 18.9 Å². The second-order valence-corrected chi connectivity index (χ2v) is 4.69. The summed E-state index contributed by atoms with van der Waals surface area (Å²) < 4.78 is 26.2. The van der Waals surface area contributed by atoms with Crippen molar-refractivity contribution in [3.8, 4) is 0 Å². The maximum absolute atomic E-state index is 13.4. The zero-order valence-corrected chi connectivity index (χ0v) is 10.8. The summed E-state index contributed by atoms with van der Waals surface area (Å²) in [6, 6.07) is 3.88. The fourth-order valence-corrected chi connectivity index (χ4v) is 2.13. The van der Waals surface area contributed by atoms with Crippen molar-refractivity contribution in [2.75, 3.05) is 0 Å². The molecule has 1 atom stereocenters. The highest BCUT2D eigenvalue weighted by molar-refractivity contribution is 5.18. The summed E-state index contributed by atoms with van der Waals surface area (Å²) in [5.74, 6) is -0.237. The predicted octanol–water partition coefficient (Wildman–Crippen LogP) is 5.11. The molecule has 1 aromatic carbocycles. The molecule has 0 fully saturated rings. The predicted molar refractivity (Wildman–Crippen MR) is 68.0 cm³/mol. The van der Waals surface area contributed by atoms with Crippen molar-refractivity contribution in [1.82, 2.24) is 0 Å². The summed E-state index contributed by atoms with van der Waals surface area (Å²) in [6.45, 7) is 4.37. The van der Waals surface area contributed by atoms with Gasteiger partial charge in [0.05, 0.1) is 0 Å². The first-order chi connectivity index (χ1) is 8.17. The van der Waals surface area contributed by atoms with E-state index in [1.165, 1.54) is 25.3 Å². The minimum absolute atomic E-state index is 0.407. The highest BCUT2D eigenvalue weighted by atomic mass is 19.1. The van der Waals surface area contributed by atoms with Gasteiger partial charge in [-0.05, 0) is 30.4 Å². The molecule has 1 unspecified atom stereocenters. The van der Waals surface area contributed by atoms with E-state index in [4.69, 9.17) is 0 Å². The Bertz CT molecular complexity index is 334. The van der Waals surface area contributed by atoms with Crippen LogP contribution in [0.4, 0.5) is 8.78 Å². The van der Waals surface area contributed by atoms with Gasteiger partial charge in [-0.3, -0.25) is 0 Å². The molecule has 0 aliphatic carbocycles. The zero-order chi connectivity index (χ0) is 12.7. The third-order valence-corrected chi connectivity index (χ3v) is 3.38. The summed E-state index contributed by atoms with van der Waals surface area (Å²) in [6.07, 6.45) is 6.53. The van der Waals surface area contributed by atoms with Crippen LogP contribution in [0, 0.1) is 17.6 Å². The lowest BCUT2D eigenvalue weighted by atomic mass is 9.92. The minimum atomic E-state index is -0.496. The zero-order valence-electron chi connectivity index (χ0n) is 10.8. The maximum Gasteiger partial charge on any atom is 0.129 e. The van der Waals surface area contributed by atoms with Crippen molar-refractivity contribution in [2.45, 2.75) is 52.4 Å². The Hall–Kier alpha value is -0.920. The quantitative estimate of drug-likeness (QED) is 0.621. The summed E-state index contributed by atoms with van der Waals surface area (Å²) in [7, 11) is 0. The van der Waals surface area contributed by atoms with E-state index < -0.39 is 11.6 Å². The Morgan fingerprint density at radius 2 is 1.88 bits per heavy atom. The van der Waals surface area contributed by atoms with Crippen LogP contribution in [0.5, 0.6) is 0 Å². The molecular formula is C15H22F2. The number of hydrogen-bond donors (Lipinski definition) is 0. The molecule has 0 saturated heterocycles. The fraction of sp³-hybridized carbons (Fsp3) is 0.600. The molecule has 2 heteroatoms. The molecule has 0 aliphatic heterocycles. The Morgan fingerprint density at radius 1 is 1.12 bits per heavy atom. The molecule has 1 rings (SSSR count). The number of benzene rings is 1. The third-order valence-electron chi connectivity index (χ3n) is 3.38. The minimum Gasteiger partial charge on any atom is -0.207 e. The van der Waals surface area contributed by atoms with Gasteiger partial charge in [0.1, 0.15) is 11.6 Å². The van der Waals surface area contributed by atoms with Crippen molar-refractivity contribution in [1.29, 1.82) is 0 Å². The van der Waals surface area contributed by atoms with Crippen molar-refractivity contribution in [3.63, 3.8) is 0 Å². The van der Waals surface area contributed by atoms with E-state index in [9.17, 15) is 8.78 Å². The molecule has 0 aromatic heterocycles. The Kier molecular flexibility index (Phi) is 6.17. The Labute approximate surface area is 103 Å². The first-order valence-corrected chi connectivity index (χ1v) is 6.61. The van der Waals surface area contributed by atoms with E-state index >= 15 is 0 Å². The van der Waals surface area contributed by atoms with E-state index in [1.807, 2.05) is 0 Å². The van der Waals surface area contributed by atoms with Gasteiger partial charge in [0.25, 0.3) is 0 Å². The van der Waals surface area contributed by atoms with Crippen LogP contribution >= 0.6 is 0 Å². The number of halogens is 2. The number of rotatable bonds is 7. The molecule has 17 heavy (non-hydrogen) atoms. The van der Waals surface area contributed by atoms with Crippen LogP contribution in [0.1, 0.15) is 51.5 Å². The lowest BCUT2D eigenvalue weighted by Gasteiger charge is -2.14. The van der Waals surface area contributed by atoms with Gasteiger partial charge in [-0.1, -0.05) is 45.6 Å². The van der Waals surface area contributed by atoms with Crippen molar-refractivity contribution in [3.05, 3.63) is 35.4 Å². The summed E-state index contributed by atoms with van der Waals surface area (Å²) in [4.78, 5) is 0. The molecule has 1 aromatic rings. The first kappa shape index (κ1) is 14.1. The highest BCUT2D eigenvalue weighted by Gasteiger charge is 2.09. The topological polar surface area (TPSA) is 0 Å². The standard InChI is InChI=1S/C15H22F2/c1-3-5-6-12(4-2)7-8-13-9-10-14(16)11-15(13)17/h9-12H,3-8H2,1-2H3. The van der Waals surface area contributed by atoms with Crippen LogP contribution in [0.15, 0.2) is 18.2 Å². The van der Waals surface area contributed by atoms with Gasteiger partial charge in [0, 0.05) is 6.07 Å². The van der Waals surface area contributed by atoms with E-state index in [-0.39, 0.29) is 0 Å². The monoisotopic (exact) mass is 240 g/mol. The summed E-state index contributed by atoms with van der Waals surface area (Å²) in [5, 5.41) is 0. The molecule has 0 radical (unpaired) electrons. The molecule has 0 spiro atoms. The normalized spacial score (nSPS) is 12.7. The Morgan fingerprint density at radius 3 is 2.47 bits per heavy atom. The van der Waals surface area contributed by atoms with Gasteiger partial charge in [-0.15, -0.1) is 0 Å². The molecule has 0 bridgehead atoms. The van der Waals surface area contributed by atoms with Crippen LogP contribution in [-0.2, 0) is 6.42 Å². The van der Waals surface area contributed by atoms with Crippen LogP contribution in [0.25, 0.3) is 0 Å². The van der Waals surface area contributed by atoms with E-state index in [0.29, 0.717) is 17.9 Å². The van der Waals surface area contributed by atoms with Crippen LogP contribution in [0.2, 0.25) is 0 Å². The van der Waals surface area contributed by atoms with Crippen molar-refractivity contribution >= 4 is 0 Å². The van der Waals surface area contributed by atoms with Gasteiger partial charge < -0.3 is 0 Å². The fourth-order valence-electron chi connectivity index (χ4n) is 2.13. The van der Waals surface area contributed by atoms with E-state index in [2.05, 4.69) is 13.8 Å². The number of unbranched alkanes of at least 4 members (excludes halogenated alkanes) is 1. The van der Waals surface area contributed by atoms with Crippen LogP contribution in [0.3, 0.4) is 0 Å². The van der Waals surface area contributed by atoms with Gasteiger partial charge >= 0.3 is 0 Å². The van der Waals surface area contributed by atoms with Gasteiger partial charge in [0.15, 0.2) is 0 Å².